The molecule has 1 aromatic carbocycles. The fourth-order valence-corrected chi connectivity index (χ4v) is 3.07. The minimum Gasteiger partial charge on any atom is -0.296 e. The Hall–Kier alpha value is -1.39. The standard InChI is InChI=1S/C15H19ClN4/c1-11(12-4-6-14(16)7-5-12)20-8-2-3-13(9-20)15-17-10-18-19-15/h4-7,10-11,13H,2-3,8-9H2,1H3,(H,17,18,19). The molecule has 20 heavy (non-hydrogen) atoms. The lowest BCUT2D eigenvalue weighted by atomic mass is 9.95. The molecule has 1 saturated heterocycles. The van der Waals surface area contributed by atoms with Gasteiger partial charge in [0, 0.05) is 23.5 Å². The van der Waals surface area contributed by atoms with Gasteiger partial charge >= 0.3 is 0 Å². The SMILES string of the molecule is CC(c1ccc(Cl)cc1)N1CCCC(c2ncn[nH]2)C1. The minimum atomic E-state index is 0.401. The third-order valence-electron chi connectivity index (χ3n) is 4.17. The summed E-state index contributed by atoms with van der Waals surface area (Å²) in [4.78, 5) is 6.82. The molecule has 0 amide bonds. The predicted octanol–water partition coefficient (Wildman–Crippen LogP) is 3.40. The average Bonchev–Trinajstić information content (AvgIpc) is 3.02. The maximum atomic E-state index is 5.96. The summed E-state index contributed by atoms with van der Waals surface area (Å²) in [7, 11) is 0. The zero-order valence-electron chi connectivity index (χ0n) is 11.6. The van der Waals surface area contributed by atoms with Crippen molar-refractivity contribution in [1.82, 2.24) is 20.1 Å². The second-order valence-corrected chi connectivity index (χ2v) is 5.87. The van der Waals surface area contributed by atoms with Crippen LogP contribution in [-0.2, 0) is 0 Å². The molecule has 106 valence electrons. The van der Waals surface area contributed by atoms with E-state index in [4.69, 9.17) is 11.6 Å². The predicted molar refractivity (Wildman–Crippen MR) is 79.8 cm³/mol. The Bertz CT molecular complexity index is 538. The van der Waals surface area contributed by atoms with Crippen molar-refractivity contribution >= 4 is 11.6 Å². The van der Waals surface area contributed by atoms with E-state index in [9.17, 15) is 0 Å². The van der Waals surface area contributed by atoms with E-state index < -0.39 is 0 Å². The molecule has 3 rings (SSSR count). The Morgan fingerprint density at radius 1 is 1.35 bits per heavy atom. The molecule has 1 fully saturated rings. The quantitative estimate of drug-likeness (QED) is 0.942. The summed E-state index contributed by atoms with van der Waals surface area (Å²) in [6, 6.07) is 8.56. The highest BCUT2D eigenvalue weighted by Gasteiger charge is 2.26. The number of aromatic nitrogens is 3. The van der Waals surface area contributed by atoms with Crippen LogP contribution in [0.15, 0.2) is 30.6 Å². The molecule has 0 radical (unpaired) electrons. The van der Waals surface area contributed by atoms with Gasteiger partial charge in [-0.2, -0.15) is 5.10 Å². The van der Waals surface area contributed by atoms with Crippen LogP contribution >= 0.6 is 11.6 Å². The highest BCUT2D eigenvalue weighted by molar-refractivity contribution is 6.30. The number of halogens is 1. The summed E-state index contributed by atoms with van der Waals surface area (Å²) in [5.74, 6) is 1.47. The smallest absolute Gasteiger partial charge is 0.137 e. The lowest BCUT2D eigenvalue weighted by Gasteiger charge is -2.36. The molecule has 1 aliphatic rings. The Labute approximate surface area is 124 Å². The van der Waals surface area contributed by atoms with Gasteiger partial charge in [-0.1, -0.05) is 23.7 Å². The molecule has 2 unspecified atom stereocenters. The largest absolute Gasteiger partial charge is 0.296 e. The van der Waals surface area contributed by atoms with Crippen LogP contribution in [0.25, 0.3) is 0 Å². The van der Waals surface area contributed by atoms with E-state index in [1.165, 1.54) is 18.4 Å². The summed E-state index contributed by atoms with van der Waals surface area (Å²) < 4.78 is 0. The number of nitrogens with zero attached hydrogens (tertiary/aromatic N) is 3. The van der Waals surface area contributed by atoms with Crippen molar-refractivity contribution in [2.75, 3.05) is 13.1 Å². The van der Waals surface area contributed by atoms with Crippen LogP contribution < -0.4 is 0 Å². The normalized spacial score (nSPS) is 21.8. The van der Waals surface area contributed by atoms with Gasteiger partial charge in [0.25, 0.3) is 0 Å². The minimum absolute atomic E-state index is 0.401. The number of piperidine rings is 1. The Kier molecular flexibility index (Phi) is 4.03. The topological polar surface area (TPSA) is 44.8 Å². The third kappa shape index (κ3) is 2.86. The molecule has 2 heterocycles. The van der Waals surface area contributed by atoms with E-state index in [0.29, 0.717) is 12.0 Å². The molecule has 1 N–H and O–H groups in total. The summed E-state index contributed by atoms with van der Waals surface area (Å²) in [6.45, 7) is 4.42. The fourth-order valence-electron chi connectivity index (χ4n) is 2.95. The molecule has 2 aromatic rings. The van der Waals surface area contributed by atoms with E-state index in [1.54, 1.807) is 6.33 Å². The van der Waals surface area contributed by atoms with E-state index in [1.807, 2.05) is 12.1 Å². The van der Waals surface area contributed by atoms with Crippen LogP contribution in [0.4, 0.5) is 0 Å². The van der Waals surface area contributed by atoms with Crippen molar-refractivity contribution in [2.45, 2.75) is 31.7 Å². The number of rotatable bonds is 3. The number of aromatic amines is 1. The van der Waals surface area contributed by atoms with Crippen LogP contribution in [0.2, 0.25) is 5.02 Å². The monoisotopic (exact) mass is 290 g/mol. The van der Waals surface area contributed by atoms with Crippen molar-refractivity contribution in [3.63, 3.8) is 0 Å². The van der Waals surface area contributed by atoms with Crippen LogP contribution in [-0.4, -0.2) is 33.2 Å². The zero-order valence-corrected chi connectivity index (χ0v) is 12.3. The summed E-state index contributed by atoms with van der Waals surface area (Å²) in [5.41, 5.74) is 1.31. The first-order valence-corrected chi connectivity index (χ1v) is 7.46. The maximum Gasteiger partial charge on any atom is 0.137 e. The second-order valence-electron chi connectivity index (χ2n) is 5.43. The van der Waals surface area contributed by atoms with Gasteiger partial charge in [-0.05, 0) is 44.0 Å². The van der Waals surface area contributed by atoms with Gasteiger partial charge < -0.3 is 0 Å². The highest BCUT2D eigenvalue weighted by atomic mass is 35.5. The van der Waals surface area contributed by atoms with Crippen molar-refractivity contribution in [1.29, 1.82) is 0 Å². The van der Waals surface area contributed by atoms with E-state index in [0.717, 1.165) is 23.9 Å². The number of benzene rings is 1. The molecule has 0 bridgehead atoms. The van der Waals surface area contributed by atoms with Crippen LogP contribution in [0.1, 0.15) is 43.1 Å². The van der Waals surface area contributed by atoms with E-state index in [2.05, 4.69) is 39.1 Å². The molecular formula is C15H19ClN4. The summed E-state index contributed by atoms with van der Waals surface area (Å²) in [5, 5.41) is 7.77. The first-order chi connectivity index (χ1) is 9.74. The van der Waals surface area contributed by atoms with Crippen molar-refractivity contribution < 1.29 is 0 Å². The molecule has 1 aromatic heterocycles. The number of H-pyrrole nitrogens is 1. The molecule has 5 heteroatoms. The van der Waals surface area contributed by atoms with Gasteiger partial charge in [0.05, 0.1) is 0 Å². The zero-order chi connectivity index (χ0) is 13.9. The molecule has 0 saturated carbocycles. The Morgan fingerprint density at radius 2 is 2.15 bits per heavy atom. The van der Waals surface area contributed by atoms with Crippen molar-refractivity contribution in [3.05, 3.63) is 47.0 Å². The van der Waals surface area contributed by atoms with E-state index >= 15 is 0 Å². The molecule has 4 nitrogen and oxygen atoms in total. The van der Waals surface area contributed by atoms with Gasteiger partial charge in [0.2, 0.25) is 0 Å². The van der Waals surface area contributed by atoms with Gasteiger partial charge in [0.15, 0.2) is 0 Å². The first kappa shape index (κ1) is 13.6. The second kappa shape index (κ2) is 5.94. The number of likely N-dealkylation sites (tertiary alicyclic amines) is 1. The summed E-state index contributed by atoms with van der Waals surface area (Å²) >= 11 is 5.96. The lowest BCUT2D eigenvalue weighted by Crippen LogP contribution is -2.36. The van der Waals surface area contributed by atoms with Gasteiger partial charge in [0.1, 0.15) is 12.2 Å². The Morgan fingerprint density at radius 3 is 2.85 bits per heavy atom. The molecular weight excluding hydrogens is 272 g/mol. The fraction of sp³-hybridized carbons (Fsp3) is 0.467. The molecule has 1 aliphatic heterocycles. The van der Waals surface area contributed by atoms with Gasteiger partial charge in [-0.25, -0.2) is 4.98 Å². The molecule has 0 aliphatic carbocycles. The highest BCUT2D eigenvalue weighted by Crippen LogP contribution is 2.30. The van der Waals surface area contributed by atoms with Crippen LogP contribution in [0, 0.1) is 0 Å². The van der Waals surface area contributed by atoms with Crippen LogP contribution in [0.5, 0.6) is 0 Å². The maximum absolute atomic E-state index is 5.96. The van der Waals surface area contributed by atoms with E-state index in [-0.39, 0.29) is 0 Å². The van der Waals surface area contributed by atoms with Gasteiger partial charge in [-0.15, -0.1) is 0 Å². The van der Waals surface area contributed by atoms with Crippen molar-refractivity contribution in [2.24, 2.45) is 0 Å². The van der Waals surface area contributed by atoms with Crippen LogP contribution in [0.3, 0.4) is 0 Å². The first-order valence-electron chi connectivity index (χ1n) is 7.09. The van der Waals surface area contributed by atoms with Gasteiger partial charge in [-0.3, -0.25) is 10.00 Å². The number of nitrogens with one attached hydrogen (secondary N) is 1. The molecule has 2 atom stereocenters. The lowest BCUT2D eigenvalue weighted by molar-refractivity contribution is 0.155. The van der Waals surface area contributed by atoms with Crippen molar-refractivity contribution in [3.8, 4) is 0 Å². The number of hydrogen-bond acceptors (Lipinski definition) is 3. The third-order valence-corrected chi connectivity index (χ3v) is 4.43. The molecule has 0 spiro atoms. The Balaban J connectivity index is 1.71. The summed E-state index contributed by atoms with van der Waals surface area (Å²) in [6.07, 6.45) is 3.97. The average molecular weight is 291 g/mol. The number of hydrogen-bond donors (Lipinski definition) is 1.